The van der Waals surface area contributed by atoms with Gasteiger partial charge in [0.25, 0.3) is 0 Å². The van der Waals surface area contributed by atoms with E-state index < -0.39 is 23.6 Å². The summed E-state index contributed by atoms with van der Waals surface area (Å²) < 4.78 is 19.1. The molecule has 3 aromatic carbocycles. The van der Waals surface area contributed by atoms with Crippen LogP contribution in [-0.2, 0) is 9.59 Å². The Morgan fingerprint density at radius 3 is 2.44 bits per heavy atom. The third-order valence-corrected chi connectivity index (χ3v) is 4.71. The Bertz CT molecular complexity index is 1200. The van der Waals surface area contributed by atoms with Crippen LogP contribution in [0.3, 0.4) is 0 Å². The Kier molecular flexibility index (Phi) is 7.45. The summed E-state index contributed by atoms with van der Waals surface area (Å²) in [4.78, 5) is 36.4. The first-order chi connectivity index (χ1) is 15.3. The molecule has 2 amide bonds. The quantitative estimate of drug-likeness (QED) is 0.181. The highest BCUT2D eigenvalue weighted by atomic mass is 79.9. The molecule has 0 saturated carbocycles. The minimum absolute atomic E-state index is 0.218. The second kappa shape index (κ2) is 10.5. The van der Waals surface area contributed by atoms with Gasteiger partial charge < -0.3 is 10.1 Å². The number of ether oxygens (including phenoxy) is 1. The van der Waals surface area contributed by atoms with Crippen LogP contribution in [-0.4, -0.2) is 24.0 Å². The van der Waals surface area contributed by atoms with Crippen LogP contribution in [0.1, 0.15) is 21.5 Å². The Hall–Kier alpha value is -3.85. The molecule has 2 N–H and O–H groups in total. The van der Waals surface area contributed by atoms with Crippen molar-refractivity contribution >= 4 is 45.6 Å². The second-order valence-electron chi connectivity index (χ2n) is 6.55. The summed E-state index contributed by atoms with van der Waals surface area (Å²) in [5.41, 5.74) is 3.93. The van der Waals surface area contributed by atoms with E-state index in [9.17, 15) is 18.8 Å². The van der Waals surface area contributed by atoms with Gasteiger partial charge in [-0.2, -0.15) is 5.10 Å². The van der Waals surface area contributed by atoms with Crippen molar-refractivity contribution in [2.45, 2.75) is 6.92 Å². The zero-order valence-electron chi connectivity index (χ0n) is 16.8. The van der Waals surface area contributed by atoms with E-state index in [4.69, 9.17) is 4.74 Å². The Morgan fingerprint density at radius 2 is 1.72 bits per heavy atom. The number of anilines is 1. The van der Waals surface area contributed by atoms with Crippen LogP contribution >= 0.6 is 15.9 Å². The fourth-order valence-corrected chi connectivity index (χ4v) is 2.98. The second-order valence-corrected chi connectivity index (χ2v) is 7.46. The van der Waals surface area contributed by atoms with Gasteiger partial charge in [-0.1, -0.05) is 34.1 Å². The Balaban J connectivity index is 1.67. The number of hydrazone groups is 1. The summed E-state index contributed by atoms with van der Waals surface area (Å²) in [6, 6.07) is 16.8. The normalized spacial score (nSPS) is 10.6. The number of rotatable bonds is 5. The van der Waals surface area contributed by atoms with Gasteiger partial charge in [0.15, 0.2) is 0 Å². The van der Waals surface area contributed by atoms with Crippen LogP contribution in [0, 0.1) is 12.7 Å². The van der Waals surface area contributed by atoms with Crippen molar-refractivity contribution in [1.82, 2.24) is 5.43 Å². The van der Waals surface area contributed by atoms with Gasteiger partial charge in [-0.05, 0) is 61.0 Å². The predicted molar refractivity (Wildman–Crippen MR) is 121 cm³/mol. The van der Waals surface area contributed by atoms with Crippen LogP contribution in [0.5, 0.6) is 5.75 Å². The highest BCUT2D eigenvalue weighted by molar-refractivity contribution is 9.10. The lowest BCUT2D eigenvalue weighted by Crippen LogP contribution is -2.32. The number of carbonyl (C=O) groups is 3. The Morgan fingerprint density at radius 1 is 1.00 bits per heavy atom. The van der Waals surface area contributed by atoms with Gasteiger partial charge in [0, 0.05) is 15.7 Å². The molecule has 0 radical (unpaired) electrons. The first-order valence-electron chi connectivity index (χ1n) is 9.31. The zero-order valence-corrected chi connectivity index (χ0v) is 18.4. The van der Waals surface area contributed by atoms with Crippen LogP contribution in [0.2, 0.25) is 0 Å². The average molecular weight is 498 g/mol. The number of hydrogen-bond acceptors (Lipinski definition) is 5. The molecule has 0 aliphatic carbocycles. The maximum Gasteiger partial charge on any atom is 0.343 e. The smallest absolute Gasteiger partial charge is 0.343 e. The first-order valence-corrected chi connectivity index (χ1v) is 10.1. The van der Waals surface area contributed by atoms with Crippen molar-refractivity contribution in [1.29, 1.82) is 0 Å². The van der Waals surface area contributed by atoms with Gasteiger partial charge in [-0.25, -0.2) is 14.6 Å². The van der Waals surface area contributed by atoms with Crippen molar-refractivity contribution < 1.29 is 23.5 Å². The molecule has 0 atom stereocenters. The average Bonchev–Trinajstić information content (AvgIpc) is 2.77. The van der Waals surface area contributed by atoms with Crippen molar-refractivity contribution in [3.63, 3.8) is 0 Å². The maximum absolute atomic E-state index is 12.9. The molecule has 0 bridgehead atoms. The number of aryl methyl sites for hydroxylation is 1. The summed E-state index contributed by atoms with van der Waals surface area (Å²) in [5.74, 6) is -2.80. The summed E-state index contributed by atoms with van der Waals surface area (Å²) in [7, 11) is 0. The molecule has 7 nitrogen and oxygen atoms in total. The highest BCUT2D eigenvalue weighted by Crippen LogP contribution is 2.23. The number of carbonyl (C=O) groups excluding carboxylic acids is 3. The molecule has 0 heterocycles. The molecular formula is C23H17BrFN3O4. The van der Waals surface area contributed by atoms with Gasteiger partial charge in [0.2, 0.25) is 0 Å². The van der Waals surface area contributed by atoms with Gasteiger partial charge in [0.1, 0.15) is 11.6 Å². The molecule has 0 spiro atoms. The Labute approximate surface area is 191 Å². The number of nitrogens with zero attached hydrogens (tertiary/aromatic N) is 1. The maximum atomic E-state index is 12.9. The van der Waals surface area contributed by atoms with Gasteiger partial charge in [-0.3, -0.25) is 9.59 Å². The number of hydrogen-bond donors (Lipinski definition) is 2. The lowest BCUT2D eigenvalue weighted by molar-refractivity contribution is -0.136. The molecule has 3 aromatic rings. The SMILES string of the molecule is Cc1ccccc1C(=O)Oc1ccc(Br)cc1/C=N/NC(=O)C(=O)Nc1ccc(F)cc1. The van der Waals surface area contributed by atoms with Crippen LogP contribution < -0.4 is 15.5 Å². The fraction of sp³-hybridized carbons (Fsp3) is 0.0435. The molecule has 0 aliphatic heterocycles. The summed E-state index contributed by atoms with van der Waals surface area (Å²) >= 11 is 3.32. The first kappa shape index (κ1) is 22.8. The molecule has 0 saturated heterocycles. The molecule has 0 unspecified atom stereocenters. The third kappa shape index (κ3) is 6.08. The van der Waals surface area contributed by atoms with Gasteiger partial charge >= 0.3 is 17.8 Å². The standard InChI is InChI=1S/C23H17BrFN3O4/c1-14-4-2-3-5-19(14)23(31)32-20-11-6-16(24)12-15(20)13-26-28-22(30)21(29)27-18-9-7-17(25)8-10-18/h2-13H,1H3,(H,27,29)(H,28,30)/b26-13+. The summed E-state index contributed by atoms with van der Waals surface area (Å²) in [5, 5.41) is 6.08. The molecule has 32 heavy (non-hydrogen) atoms. The van der Waals surface area contributed by atoms with E-state index in [0.29, 0.717) is 15.6 Å². The van der Waals surface area contributed by atoms with Crippen molar-refractivity contribution in [3.05, 3.63) is 93.7 Å². The number of nitrogens with one attached hydrogen (secondary N) is 2. The fourth-order valence-electron chi connectivity index (χ4n) is 2.60. The molecule has 162 valence electrons. The van der Waals surface area contributed by atoms with E-state index in [1.165, 1.54) is 18.3 Å². The lowest BCUT2D eigenvalue weighted by Gasteiger charge is -2.09. The number of benzene rings is 3. The molecule has 9 heteroatoms. The van der Waals surface area contributed by atoms with E-state index in [0.717, 1.165) is 17.7 Å². The zero-order chi connectivity index (χ0) is 23.1. The summed E-state index contributed by atoms with van der Waals surface area (Å²) in [6.45, 7) is 1.80. The largest absolute Gasteiger partial charge is 0.422 e. The number of amides is 2. The molecule has 0 aromatic heterocycles. The minimum Gasteiger partial charge on any atom is -0.422 e. The molecular weight excluding hydrogens is 481 g/mol. The molecule has 0 aliphatic rings. The topological polar surface area (TPSA) is 96.9 Å². The summed E-state index contributed by atoms with van der Waals surface area (Å²) in [6.07, 6.45) is 1.24. The van der Waals surface area contributed by atoms with Crippen molar-refractivity contribution in [2.75, 3.05) is 5.32 Å². The van der Waals surface area contributed by atoms with E-state index in [-0.39, 0.29) is 11.4 Å². The minimum atomic E-state index is -1.03. The highest BCUT2D eigenvalue weighted by Gasteiger charge is 2.15. The lowest BCUT2D eigenvalue weighted by atomic mass is 10.1. The van der Waals surface area contributed by atoms with Crippen LogP contribution in [0.25, 0.3) is 0 Å². The van der Waals surface area contributed by atoms with E-state index >= 15 is 0 Å². The molecule has 0 fully saturated rings. The third-order valence-electron chi connectivity index (χ3n) is 4.22. The van der Waals surface area contributed by atoms with Gasteiger partial charge in [0.05, 0.1) is 11.8 Å². The number of halogens is 2. The van der Waals surface area contributed by atoms with Crippen molar-refractivity contribution in [3.8, 4) is 5.75 Å². The molecule has 3 rings (SSSR count). The van der Waals surface area contributed by atoms with Crippen LogP contribution in [0.15, 0.2) is 76.3 Å². The predicted octanol–water partition coefficient (Wildman–Crippen LogP) is 4.20. The van der Waals surface area contributed by atoms with E-state index in [1.54, 1.807) is 43.3 Å². The monoisotopic (exact) mass is 497 g/mol. The van der Waals surface area contributed by atoms with Crippen molar-refractivity contribution in [2.24, 2.45) is 5.10 Å². The number of esters is 1. The van der Waals surface area contributed by atoms with E-state index in [2.05, 4.69) is 31.8 Å². The van der Waals surface area contributed by atoms with Crippen LogP contribution in [0.4, 0.5) is 10.1 Å². The van der Waals surface area contributed by atoms with Gasteiger partial charge in [-0.15, -0.1) is 0 Å². The van der Waals surface area contributed by atoms with E-state index in [1.807, 2.05) is 6.07 Å².